The molecule has 0 bridgehead atoms. The van der Waals surface area contributed by atoms with Crippen LogP contribution in [-0.2, 0) is 0 Å². The van der Waals surface area contributed by atoms with Gasteiger partial charge in [-0.1, -0.05) is 29.3 Å². The molecule has 0 saturated heterocycles. The van der Waals surface area contributed by atoms with E-state index in [2.05, 4.69) is 0 Å². The predicted molar refractivity (Wildman–Crippen MR) is 70.7 cm³/mol. The quantitative estimate of drug-likeness (QED) is 0.516. The lowest BCUT2D eigenvalue weighted by atomic mass is 10.0. The van der Waals surface area contributed by atoms with Crippen molar-refractivity contribution < 1.29 is 13.6 Å². The number of nitrogen functional groups attached to an aromatic ring is 1. The molecule has 98 valence electrons. The van der Waals surface area contributed by atoms with Gasteiger partial charge in [0.25, 0.3) is 0 Å². The average Bonchev–Trinajstić information content (AvgIpc) is 2.36. The first kappa shape index (κ1) is 13.8. The fraction of sp³-hybridized carbons (Fsp3) is 0. The lowest BCUT2D eigenvalue weighted by Gasteiger charge is -2.07. The van der Waals surface area contributed by atoms with E-state index in [1.807, 2.05) is 0 Å². The van der Waals surface area contributed by atoms with Crippen molar-refractivity contribution in [1.82, 2.24) is 0 Å². The second kappa shape index (κ2) is 5.15. The fourth-order valence-electron chi connectivity index (χ4n) is 1.57. The fourth-order valence-corrected chi connectivity index (χ4v) is 2.01. The number of ketones is 1. The maximum atomic E-state index is 13.2. The molecule has 0 unspecified atom stereocenters. The minimum absolute atomic E-state index is 0.0494. The van der Waals surface area contributed by atoms with Crippen molar-refractivity contribution in [3.63, 3.8) is 0 Å². The minimum Gasteiger partial charge on any atom is -0.398 e. The molecule has 0 amide bonds. The molecular formula is C13H7Cl2F2NO. The van der Waals surface area contributed by atoms with Gasteiger partial charge < -0.3 is 5.73 Å². The van der Waals surface area contributed by atoms with Crippen LogP contribution in [0.25, 0.3) is 0 Å². The van der Waals surface area contributed by atoms with E-state index in [0.717, 1.165) is 12.1 Å². The molecule has 0 atom stereocenters. The van der Waals surface area contributed by atoms with Crippen LogP contribution in [0.3, 0.4) is 0 Å². The van der Waals surface area contributed by atoms with Crippen LogP contribution in [0.1, 0.15) is 15.9 Å². The molecule has 6 heteroatoms. The van der Waals surface area contributed by atoms with Gasteiger partial charge in [-0.25, -0.2) is 8.78 Å². The molecule has 2 rings (SSSR count). The number of rotatable bonds is 2. The molecule has 0 heterocycles. The molecular weight excluding hydrogens is 295 g/mol. The maximum Gasteiger partial charge on any atom is 0.196 e. The summed E-state index contributed by atoms with van der Waals surface area (Å²) in [5.74, 6) is -2.91. The summed E-state index contributed by atoms with van der Waals surface area (Å²) < 4.78 is 26.1. The van der Waals surface area contributed by atoms with E-state index in [1.54, 1.807) is 0 Å². The van der Waals surface area contributed by atoms with Crippen LogP contribution in [0.4, 0.5) is 14.5 Å². The summed E-state index contributed by atoms with van der Waals surface area (Å²) in [6.45, 7) is 0. The average molecular weight is 302 g/mol. The number of anilines is 1. The van der Waals surface area contributed by atoms with E-state index in [9.17, 15) is 13.6 Å². The SMILES string of the molecule is Nc1cccc(C(=O)c2cc(F)c(F)cc2Cl)c1Cl. The van der Waals surface area contributed by atoms with Crippen LogP contribution in [0.5, 0.6) is 0 Å². The third-order valence-corrected chi connectivity index (χ3v) is 3.26. The van der Waals surface area contributed by atoms with Gasteiger partial charge in [0.05, 0.1) is 15.7 Å². The van der Waals surface area contributed by atoms with Crippen LogP contribution >= 0.6 is 23.2 Å². The van der Waals surface area contributed by atoms with Crippen molar-refractivity contribution in [2.24, 2.45) is 0 Å². The van der Waals surface area contributed by atoms with Crippen LogP contribution in [0.2, 0.25) is 10.0 Å². The molecule has 0 aliphatic heterocycles. The molecule has 2 aromatic carbocycles. The summed E-state index contributed by atoms with van der Waals surface area (Å²) in [6, 6.07) is 5.96. The second-order valence-corrected chi connectivity index (χ2v) is 4.57. The Morgan fingerprint density at radius 2 is 1.68 bits per heavy atom. The highest BCUT2D eigenvalue weighted by Gasteiger charge is 2.19. The van der Waals surface area contributed by atoms with Crippen LogP contribution in [0, 0.1) is 11.6 Å². The van der Waals surface area contributed by atoms with Gasteiger partial charge in [-0.2, -0.15) is 0 Å². The number of halogens is 4. The molecule has 2 nitrogen and oxygen atoms in total. The summed E-state index contributed by atoms with van der Waals surface area (Å²) >= 11 is 11.6. The molecule has 0 spiro atoms. The van der Waals surface area contributed by atoms with E-state index >= 15 is 0 Å². The van der Waals surface area contributed by atoms with Gasteiger partial charge in [-0.15, -0.1) is 0 Å². The van der Waals surface area contributed by atoms with Crippen molar-refractivity contribution in [2.45, 2.75) is 0 Å². The highest BCUT2D eigenvalue weighted by atomic mass is 35.5. The van der Waals surface area contributed by atoms with Gasteiger partial charge >= 0.3 is 0 Å². The molecule has 0 aliphatic carbocycles. The Labute approximate surface area is 117 Å². The minimum atomic E-state index is -1.16. The van der Waals surface area contributed by atoms with Crippen molar-refractivity contribution in [1.29, 1.82) is 0 Å². The van der Waals surface area contributed by atoms with Crippen LogP contribution in [-0.4, -0.2) is 5.78 Å². The molecule has 0 saturated carbocycles. The summed E-state index contributed by atoms with van der Waals surface area (Å²) in [6.07, 6.45) is 0. The third kappa shape index (κ3) is 2.55. The summed E-state index contributed by atoms with van der Waals surface area (Å²) in [7, 11) is 0. The van der Waals surface area contributed by atoms with E-state index < -0.39 is 17.4 Å². The number of hydrogen-bond acceptors (Lipinski definition) is 2. The van der Waals surface area contributed by atoms with E-state index in [-0.39, 0.29) is 26.9 Å². The smallest absolute Gasteiger partial charge is 0.196 e. The summed E-state index contributed by atoms with van der Waals surface area (Å²) in [4.78, 5) is 12.2. The first-order valence-electron chi connectivity index (χ1n) is 5.15. The monoisotopic (exact) mass is 301 g/mol. The Balaban J connectivity index is 2.56. The van der Waals surface area contributed by atoms with Crippen molar-refractivity contribution in [3.05, 3.63) is 63.1 Å². The molecule has 0 fully saturated rings. The molecule has 2 aromatic rings. The highest BCUT2D eigenvalue weighted by Crippen LogP contribution is 2.28. The standard InChI is InChI=1S/C13H7Cl2F2NO/c14-8-5-10(17)9(16)4-7(8)13(19)6-2-1-3-11(18)12(6)15/h1-5H,18H2. The normalized spacial score (nSPS) is 10.5. The van der Waals surface area contributed by atoms with Gasteiger partial charge in [0, 0.05) is 11.1 Å². The number of nitrogens with two attached hydrogens (primary N) is 1. The second-order valence-electron chi connectivity index (χ2n) is 3.78. The Morgan fingerprint density at radius 1 is 1.05 bits per heavy atom. The van der Waals surface area contributed by atoms with Gasteiger partial charge in [0.2, 0.25) is 0 Å². The number of benzene rings is 2. The molecule has 19 heavy (non-hydrogen) atoms. The maximum absolute atomic E-state index is 13.2. The zero-order chi connectivity index (χ0) is 14.2. The summed E-state index contributed by atoms with van der Waals surface area (Å²) in [5.41, 5.74) is 5.70. The van der Waals surface area contributed by atoms with Gasteiger partial charge in [-0.3, -0.25) is 4.79 Å². The topological polar surface area (TPSA) is 43.1 Å². The molecule has 0 aliphatic rings. The van der Waals surface area contributed by atoms with Gasteiger partial charge in [0.1, 0.15) is 0 Å². The zero-order valence-corrected chi connectivity index (χ0v) is 10.9. The van der Waals surface area contributed by atoms with Crippen molar-refractivity contribution >= 4 is 34.7 Å². The van der Waals surface area contributed by atoms with Crippen molar-refractivity contribution in [2.75, 3.05) is 5.73 Å². The zero-order valence-electron chi connectivity index (χ0n) is 9.38. The first-order chi connectivity index (χ1) is 8.91. The van der Waals surface area contributed by atoms with E-state index in [0.29, 0.717) is 0 Å². The first-order valence-corrected chi connectivity index (χ1v) is 5.90. The Morgan fingerprint density at radius 3 is 2.37 bits per heavy atom. The number of carbonyl (C=O) groups is 1. The molecule has 0 radical (unpaired) electrons. The molecule has 0 aromatic heterocycles. The van der Waals surface area contributed by atoms with Gasteiger partial charge in [-0.05, 0) is 24.3 Å². The Kier molecular flexibility index (Phi) is 3.73. The Bertz CT molecular complexity index is 674. The Hall–Kier alpha value is -1.65. The van der Waals surface area contributed by atoms with Crippen LogP contribution in [0.15, 0.2) is 30.3 Å². The lowest BCUT2D eigenvalue weighted by molar-refractivity contribution is 0.103. The van der Waals surface area contributed by atoms with Crippen molar-refractivity contribution in [3.8, 4) is 0 Å². The third-order valence-electron chi connectivity index (χ3n) is 2.53. The lowest BCUT2D eigenvalue weighted by Crippen LogP contribution is -2.06. The molecule has 2 N–H and O–H groups in total. The van der Waals surface area contributed by atoms with Gasteiger partial charge in [0.15, 0.2) is 17.4 Å². The largest absolute Gasteiger partial charge is 0.398 e. The predicted octanol–water partition coefficient (Wildman–Crippen LogP) is 4.08. The van der Waals surface area contributed by atoms with E-state index in [4.69, 9.17) is 28.9 Å². The number of carbonyl (C=O) groups excluding carboxylic acids is 1. The van der Waals surface area contributed by atoms with Crippen LogP contribution < -0.4 is 5.73 Å². The highest BCUT2D eigenvalue weighted by molar-refractivity contribution is 6.39. The van der Waals surface area contributed by atoms with E-state index in [1.165, 1.54) is 18.2 Å². The number of hydrogen-bond donors (Lipinski definition) is 1. The summed E-state index contributed by atoms with van der Waals surface area (Å²) in [5, 5.41) is -0.143.